The molecule has 1 aliphatic rings. The van der Waals surface area contributed by atoms with Crippen LogP contribution in [0.1, 0.15) is 6.92 Å². The molecule has 0 aromatic heterocycles. The third-order valence-corrected chi connectivity index (χ3v) is 1.72. The van der Waals surface area contributed by atoms with Crippen molar-refractivity contribution < 1.29 is 13.2 Å². The molecule has 0 radical (unpaired) electrons. The van der Waals surface area contributed by atoms with Crippen LogP contribution in [0.4, 0.5) is 13.2 Å². The van der Waals surface area contributed by atoms with Crippen molar-refractivity contribution in [1.29, 1.82) is 0 Å². The van der Waals surface area contributed by atoms with E-state index in [1.54, 1.807) is 0 Å². The number of nitrogens with zero attached hydrogens (tertiary/aromatic N) is 2. The smallest absolute Gasteiger partial charge is 0.359 e. The zero-order valence-corrected chi connectivity index (χ0v) is 7.34. The second-order valence-electron chi connectivity index (χ2n) is 2.51. The molecule has 0 aromatic carbocycles. The lowest BCUT2D eigenvalue weighted by Crippen LogP contribution is -2.30. The molecule has 0 unspecified atom stereocenters. The summed E-state index contributed by atoms with van der Waals surface area (Å²) in [5, 5.41) is 0. The zero-order chi connectivity index (χ0) is 9.72. The molecule has 2 nitrogen and oxygen atoms in total. The Morgan fingerprint density at radius 1 is 1.08 bits per heavy atom. The molecule has 0 atom stereocenters. The second-order valence-corrected chi connectivity index (χ2v) is 2.51. The third-order valence-electron chi connectivity index (χ3n) is 1.72. The van der Waals surface area contributed by atoms with Gasteiger partial charge in [0.1, 0.15) is 0 Å². The molecule has 0 aromatic rings. The molecule has 12 heavy (non-hydrogen) atoms. The Morgan fingerprint density at radius 3 is 1.42 bits per heavy atom. The van der Waals surface area contributed by atoms with Crippen LogP contribution in [0.3, 0.4) is 0 Å². The summed E-state index contributed by atoms with van der Waals surface area (Å²) in [4.78, 5) is 4.33. The van der Waals surface area contributed by atoms with E-state index in [1.165, 1.54) is 0 Å². The highest BCUT2D eigenvalue weighted by molar-refractivity contribution is 4.91. The summed E-state index contributed by atoms with van der Waals surface area (Å²) >= 11 is 0. The van der Waals surface area contributed by atoms with Crippen molar-refractivity contribution in [3.63, 3.8) is 0 Å². The van der Waals surface area contributed by atoms with Gasteiger partial charge in [-0.15, -0.1) is 0 Å². The van der Waals surface area contributed by atoms with Crippen molar-refractivity contribution in [2.75, 3.05) is 14.1 Å². The lowest BCUT2D eigenvalue weighted by Gasteiger charge is -2.22. The third kappa shape index (κ3) is 4.10. The maximum absolute atomic E-state index is 9.67. The standard InChI is InChI=1S/C6H12N2.CHF3/c1-6-7(2)4-5-8(6)3;2-1(3)4/h4-6H,1-3H3;1H. The van der Waals surface area contributed by atoms with Gasteiger partial charge in [0.15, 0.2) is 0 Å². The molecule has 5 heteroatoms. The monoisotopic (exact) mass is 182 g/mol. The van der Waals surface area contributed by atoms with E-state index >= 15 is 0 Å². The van der Waals surface area contributed by atoms with E-state index < -0.39 is 6.68 Å². The normalized spacial score (nSPS) is 16.9. The van der Waals surface area contributed by atoms with Crippen LogP contribution in [0.5, 0.6) is 0 Å². The minimum Gasteiger partial charge on any atom is -0.359 e. The molecule has 0 saturated carbocycles. The maximum Gasteiger partial charge on any atom is 0.379 e. The van der Waals surface area contributed by atoms with Crippen molar-refractivity contribution in [2.45, 2.75) is 19.8 Å². The fraction of sp³-hybridized carbons (Fsp3) is 0.714. The highest BCUT2D eigenvalue weighted by Gasteiger charge is 2.12. The predicted octanol–water partition coefficient (Wildman–Crippen LogP) is 1.86. The van der Waals surface area contributed by atoms with Gasteiger partial charge < -0.3 is 9.80 Å². The van der Waals surface area contributed by atoms with Crippen LogP contribution in [0.15, 0.2) is 12.4 Å². The van der Waals surface area contributed by atoms with E-state index in [1.807, 2.05) is 0 Å². The van der Waals surface area contributed by atoms with Crippen LogP contribution in [0.25, 0.3) is 0 Å². The first-order chi connectivity index (χ1) is 5.45. The SMILES string of the molecule is CC1N(C)C=CN1C.FC(F)F. The molecule has 0 spiro atoms. The summed E-state index contributed by atoms with van der Waals surface area (Å²) in [6.07, 6.45) is 4.69. The minimum atomic E-state index is -3.67. The number of hydrogen-bond acceptors (Lipinski definition) is 2. The van der Waals surface area contributed by atoms with Gasteiger partial charge in [0.05, 0.1) is 6.17 Å². The van der Waals surface area contributed by atoms with Crippen molar-refractivity contribution >= 4 is 0 Å². The first kappa shape index (κ1) is 11.1. The van der Waals surface area contributed by atoms with E-state index in [2.05, 4.69) is 43.2 Å². The first-order valence-electron chi connectivity index (χ1n) is 3.49. The quantitative estimate of drug-likeness (QED) is 0.564. The number of halogens is 3. The predicted molar refractivity (Wildman–Crippen MR) is 41.2 cm³/mol. The highest BCUT2D eigenvalue weighted by Crippen LogP contribution is 2.08. The van der Waals surface area contributed by atoms with Gasteiger partial charge >= 0.3 is 6.68 Å². The molecule has 1 rings (SSSR count). The summed E-state index contributed by atoms with van der Waals surface area (Å²) < 4.78 is 29.0. The Balaban J connectivity index is 0.000000261. The molecular weight excluding hydrogens is 169 g/mol. The molecule has 1 aliphatic heterocycles. The van der Waals surface area contributed by atoms with Gasteiger partial charge in [0.25, 0.3) is 0 Å². The van der Waals surface area contributed by atoms with Gasteiger partial charge in [-0.25, -0.2) is 0 Å². The van der Waals surface area contributed by atoms with Crippen LogP contribution in [0.2, 0.25) is 0 Å². The second kappa shape index (κ2) is 4.90. The largest absolute Gasteiger partial charge is 0.379 e. The summed E-state index contributed by atoms with van der Waals surface area (Å²) in [6.45, 7) is -1.50. The molecule has 1 heterocycles. The van der Waals surface area contributed by atoms with Gasteiger partial charge in [-0.1, -0.05) is 0 Å². The van der Waals surface area contributed by atoms with Crippen LogP contribution in [-0.4, -0.2) is 36.7 Å². The van der Waals surface area contributed by atoms with Gasteiger partial charge in [-0.05, 0) is 6.92 Å². The van der Waals surface area contributed by atoms with Gasteiger partial charge in [-0.3, -0.25) is 0 Å². The average Bonchev–Trinajstić information content (AvgIpc) is 2.19. The Bertz CT molecular complexity index is 135. The molecular formula is C7H13F3N2. The van der Waals surface area contributed by atoms with Crippen LogP contribution in [-0.2, 0) is 0 Å². The van der Waals surface area contributed by atoms with Gasteiger partial charge in [0.2, 0.25) is 0 Å². The van der Waals surface area contributed by atoms with Gasteiger partial charge in [-0.2, -0.15) is 13.2 Å². The van der Waals surface area contributed by atoms with E-state index in [0.717, 1.165) is 0 Å². The van der Waals surface area contributed by atoms with E-state index in [4.69, 9.17) is 0 Å². The van der Waals surface area contributed by atoms with Gasteiger partial charge in [0, 0.05) is 26.5 Å². The Morgan fingerprint density at radius 2 is 1.33 bits per heavy atom. The maximum atomic E-state index is 9.67. The molecule has 0 aliphatic carbocycles. The first-order valence-corrected chi connectivity index (χ1v) is 3.49. The Kier molecular flexibility index (Phi) is 4.54. The number of rotatable bonds is 0. The Labute approximate surface area is 70.3 Å². The van der Waals surface area contributed by atoms with Crippen molar-refractivity contribution in [3.05, 3.63) is 12.4 Å². The average molecular weight is 182 g/mol. The highest BCUT2D eigenvalue weighted by atomic mass is 19.4. The number of hydrogen-bond donors (Lipinski definition) is 0. The molecule has 0 fully saturated rings. The van der Waals surface area contributed by atoms with Crippen LogP contribution in [0, 0.1) is 0 Å². The van der Waals surface area contributed by atoms with E-state index in [9.17, 15) is 13.2 Å². The fourth-order valence-corrected chi connectivity index (χ4v) is 0.747. The molecule has 0 saturated heterocycles. The summed E-state index contributed by atoms with van der Waals surface area (Å²) in [6, 6.07) is 0. The van der Waals surface area contributed by atoms with E-state index in [-0.39, 0.29) is 0 Å². The fourth-order valence-electron chi connectivity index (χ4n) is 0.747. The topological polar surface area (TPSA) is 6.48 Å². The molecule has 0 bridgehead atoms. The molecule has 0 N–H and O–H groups in total. The summed E-state index contributed by atoms with van der Waals surface area (Å²) in [5.74, 6) is 0. The Hall–Kier alpha value is -0.870. The van der Waals surface area contributed by atoms with Crippen LogP contribution >= 0.6 is 0 Å². The van der Waals surface area contributed by atoms with Crippen molar-refractivity contribution in [3.8, 4) is 0 Å². The lowest BCUT2D eigenvalue weighted by atomic mass is 10.5. The molecule has 72 valence electrons. The van der Waals surface area contributed by atoms with E-state index in [0.29, 0.717) is 6.17 Å². The summed E-state index contributed by atoms with van der Waals surface area (Å²) in [7, 11) is 4.15. The zero-order valence-electron chi connectivity index (χ0n) is 7.34. The number of alkyl halides is 3. The minimum absolute atomic E-state index is 0.537. The molecule has 0 amide bonds. The lowest BCUT2D eigenvalue weighted by molar-refractivity contribution is 0.00819. The van der Waals surface area contributed by atoms with Crippen molar-refractivity contribution in [1.82, 2.24) is 9.80 Å². The van der Waals surface area contributed by atoms with Crippen molar-refractivity contribution in [2.24, 2.45) is 0 Å². The summed E-state index contributed by atoms with van der Waals surface area (Å²) in [5.41, 5.74) is 0. The van der Waals surface area contributed by atoms with Crippen LogP contribution < -0.4 is 0 Å².